The van der Waals surface area contributed by atoms with Crippen LogP contribution in [0.1, 0.15) is 11.1 Å². The van der Waals surface area contributed by atoms with Crippen LogP contribution in [0.3, 0.4) is 0 Å². The van der Waals surface area contributed by atoms with Gasteiger partial charge in [-0.15, -0.1) is 0 Å². The van der Waals surface area contributed by atoms with Crippen LogP contribution in [0, 0.1) is 0 Å². The molecule has 0 spiro atoms. The van der Waals surface area contributed by atoms with Crippen molar-refractivity contribution >= 4 is 10.8 Å². The monoisotopic (exact) mass is 358 g/mol. The molecule has 0 unspecified atom stereocenters. The van der Waals surface area contributed by atoms with Gasteiger partial charge in [0.15, 0.2) is 0 Å². The van der Waals surface area contributed by atoms with Gasteiger partial charge in [-0.25, -0.2) is 0 Å². The molecule has 2 aromatic carbocycles. The first-order valence-corrected chi connectivity index (χ1v) is 8.84. The maximum absolute atomic E-state index is 6.14. The highest BCUT2D eigenvalue weighted by atomic mass is 16.5. The standard InChI is InChI=1S/C21H26O5/c1-22-10-12-25-20-16-6-4-5-7-17(16)21(26-13-11-23-2)19-14-15(24-3)8-9-18(19)20/h4-5,8-9,14H,6-7,10-13H2,1-3H3. The third-order valence-electron chi connectivity index (χ3n) is 4.51. The van der Waals surface area contributed by atoms with Crippen LogP contribution in [0.4, 0.5) is 0 Å². The second kappa shape index (κ2) is 8.92. The van der Waals surface area contributed by atoms with Crippen molar-refractivity contribution in [3.8, 4) is 17.2 Å². The van der Waals surface area contributed by atoms with Gasteiger partial charge in [0.1, 0.15) is 30.5 Å². The minimum atomic E-state index is 0.503. The van der Waals surface area contributed by atoms with E-state index in [4.69, 9.17) is 23.7 Å². The first-order valence-electron chi connectivity index (χ1n) is 8.84. The lowest BCUT2D eigenvalue weighted by Gasteiger charge is -2.23. The molecule has 0 aliphatic heterocycles. The fourth-order valence-corrected chi connectivity index (χ4v) is 3.25. The van der Waals surface area contributed by atoms with Gasteiger partial charge in [0.2, 0.25) is 0 Å². The number of hydrogen-bond acceptors (Lipinski definition) is 5. The minimum Gasteiger partial charge on any atom is -0.497 e. The smallest absolute Gasteiger partial charge is 0.131 e. The summed E-state index contributed by atoms with van der Waals surface area (Å²) in [5, 5.41) is 2.03. The Morgan fingerprint density at radius 1 is 0.731 bits per heavy atom. The fraction of sp³-hybridized carbons (Fsp3) is 0.429. The fourth-order valence-electron chi connectivity index (χ4n) is 3.25. The Labute approximate surface area is 154 Å². The molecule has 5 heteroatoms. The van der Waals surface area contributed by atoms with Crippen LogP contribution in [0.25, 0.3) is 10.8 Å². The molecule has 0 bridgehead atoms. The van der Waals surface area contributed by atoms with Crippen molar-refractivity contribution in [2.24, 2.45) is 0 Å². The summed E-state index contributed by atoms with van der Waals surface area (Å²) in [6, 6.07) is 6.01. The van der Waals surface area contributed by atoms with Gasteiger partial charge in [-0.05, 0) is 31.0 Å². The van der Waals surface area contributed by atoms with Crippen molar-refractivity contribution in [1.29, 1.82) is 0 Å². The van der Waals surface area contributed by atoms with E-state index in [1.807, 2.05) is 18.2 Å². The highest BCUT2D eigenvalue weighted by Gasteiger charge is 2.22. The number of ether oxygens (including phenoxy) is 5. The SMILES string of the molecule is COCCOc1c2c(c(OCCOC)c3cc(OC)ccc13)CC=CC2. The van der Waals surface area contributed by atoms with E-state index in [0.29, 0.717) is 26.4 Å². The van der Waals surface area contributed by atoms with Gasteiger partial charge in [0.25, 0.3) is 0 Å². The molecule has 0 N–H and O–H groups in total. The largest absolute Gasteiger partial charge is 0.497 e. The maximum atomic E-state index is 6.14. The Kier molecular flexibility index (Phi) is 6.36. The molecule has 2 aromatic rings. The van der Waals surface area contributed by atoms with Gasteiger partial charge in [0, 0.05) is 36.1 Å². The van der Waals surface area contributed by atoms with E-state index in [1.165, 1.54) is 11.1 Å². The summed E-state index contributed by atoms with van der Waals surface area (Å²) in [5.74, 6) is 2.61. The average molecular weight is 358 g/mol. The molecular formula is C21H26O5. The Morgan fingerprint density at radius 3 is 1.85 bits per heavy atom. The molecule has 0 radical (unpaired) electrons. The molecule has 1 aliphatic rings. The lowest BCUT2D eigenvalue weighted by Crippen LogP contribution is -2.12. The molecule has 3 rings (SSSR count). The average Bonchev–Trinajstić information content (AvgIpc) is 2.69. The third-order valence-corrected chi connectivity index (χ3v) is 4.51. The van der Waals surface area contributed by atoms with Crippen molar-refractivity contribution in [2.75, 3.05) is 47.8 Å². The summed E-state index contributed by atoms with van der Waals surface area (Å²) >= 11 is 0. The normalized spacial score (nSPS) is 12.9. The van der Waals surface area contributed by atoms with Crippen LogP contribution in [0.5, 0.6) is 17.2 Å². The van der Waals surface area contributed by atoms with Crippen molar-refractivity contribution in [1.82, 2.24) is 0 Å². The summed E-state index contributed by atoms with van der Waals surface area (Å²) in [6.45, 7) is 2.11. The van der Waals surface area contributed by atoms with Crippen molar-refractivity contribution in [2.45, 2.75) is 12.8 Å². The van der Waals surface area contributed by atoms with E-state index in [1.54, 1.807) is 21.3 Å². The van der Waals surface area contributed by atoms with Gasteiger partial charge < -0.3 is 23.7 Å². The highest BCUT2D eigenvalue weighted by Crippen LogP contribution is 2.44. The van der Waals surface area contributed by atoms with E-state index in [-0.39, 0.29) is 0 Å². The third kappa shape index (κ3) is 3.79. The maximum Gasteiger partial charge on any atom is 0.131 e. The molecule has 0 heterocycles. The topological polar surface area (TPSA) is 46.2 Å². The zero-order chi connectivity index (χ0) is 18.4. The van der Waals surface area contributed by atoms with Gasteiger partial charge >= 0.3 is 0 Å². The molecule has 0 saturated heterocycles. The number of rotatable bonds is 9. The lowest BCUT2D eigenvalue weighted by atomic mass is 9.90. The highest BCUT2D eigenvalue weighted by molar-refractivity contribution is 5.97. The van der Waals surface area contributed by atoms with Gasteiger partial charge in [-0.1, -0.05) is 12.2 Å². The molecule has 0 aromatic heterocycles. The molecule has 0 fully saturated rings. The summed E-state index contributed by atoms with van der Waals surface area (Å²) in [5.41, 5.74) is 2.37. The van der Waals surface area contributed by atoms with Crippen LogP contribution in [-0.2, 0) is 22.3 Å². The van der Waals surface area contributed by atoms with Crippen LogP contribution >= 0.6 is 0 Å². The van der Waals surface area contributed by atoms with E-state index >= 15 is 0 Å². The molecule has 140 valence electrons. The molecular weight excluding hydrogens is 332 g/mol. The van der Waals surface area contributed by atoms with Gasteiger partial charge in [-0.3, -0.25) is 0 Å². The number of benzene rings is 2. The minimum absolute atomic E-state index is 0.503. The Hall–Kier alpha value is -2.24. The van der Waals surface area contributed by atoms with E-state index in [0.717, 1.165) is 40.9 Å². The molecule has 0 amide bonds. The quantitative estimate of drug-likeness (QED) is 0.507. The second-order valence-corrected chi connectivity index (χ2v) is 6.09. The molecule has 0 saturated carbocycles. The molecule has 1 aliphatic carbocycles. The predicted molar refractivity (Wildman–Crippen MR) is 102 cm³/mol. The van der Waals surface area contributed by atoms with Gasteiger partial charge in [0.05, 0.1) is 20.3 Å². The first-order chi connectivity index (χ1) is 12.8. The van der Waals surface area contributed by atoms with E-state index in [9.17, 15) is 0 Å². The summed E-state index contributed by atoms with van der Waals surface area (Å²) in [4.78, 5) is 0. The van der Waals surface area contributed by atoms with Crippen LogP contribution in [-0.4, -0.2) is 47.8 Å². The van der Waals surface area contributed by atoms with Crippen LogP contribution in [0.2, 0.25) is 0 Å². The number of fused-ring (bicyclic) bond motifs is 2. The summed E-state index contributed by atoms with van der Waals surface area (Å²) in [7, 11) is 5.02. The van der Waals surface area contributed by atoms with E-state index in [2.05, 4.69) is 12.2 Å². The second-order valence-electron chi connectivity index (χ2n) is 6.09. The number of allylic oxidation sites excluding steroid dienone is 2. The number of methoxy groups -OCH3 is 3. The summed E-state index contributed by atoms with van der Waals surface area (Å²) in [6.07, 6.45) is 6.02. The van der Waals surface area contributed by atoms with Crippen LogP contribution in [0.15, 0.2) is 30.4 Å². The van der Waals surface area contributed by atoms with Crippen LogP contribution < -0.4 is 14.2 Å². The Morgan fingerprint density at radius 2 is 1.31 bits per heavy atom. The zero-order valence-electron chi connectivity index (χ0n) is 15.7. The Balaban J connectivity index is 2.15. The molecule has 26 heavy (non-hydrogen) atoms. The number of hydrogen-bond donors (Lipinski definition) is 0. The summed E-state index contributed by atoms with van der Waals surface area (Å²) < 4.78 is 28.0. The van der Waals surface area contributed by atoms with Crippen molar-refractivity contribution in [3.05, 3.63) is 41.5 Å². The lowest BCUT2D eigenvalue weighted by molar-refractivity contribution is 0.145. The van der Waals surface area contributed by atoms with Gasteiger partial charge in [-0.2, -0.15) is 0 Å². The Bertz CT molecular complexity index is 782. The zero-order valence-corrected chi connectivity index (χ0v) is 15.7. The van der Waals surface area contributed by atoms with E-state index < -0.39 is 0 Å². The molecule has 0 atom stereocenters. The first kappa shape index (κ1) is 18.5. The van der Waals surface area contributed by atoms with Crippen molar-refractivity contribution < 1.29 is 23.7 Å². The predicted octanol–water partition coefficient (Wildman–Crippen LogP) is 3.55. The molecule has 5 nitrogen and oxygen atoms in total. The van der Waals surface area contributed by atoms with Crippen molar-refractivity contribution in [3.63, 3.8) is 0 Å².